The second kappa shape index (κ2) is 8.70. The molecule has 168 valence electrons. The van der Waals surface area contributed by atoms with Crippen molar-refractivity contribution < 1.29 is 14.4 Å². The van der Waals surface area contributed by atoms with Crippen molar-refractivity contribution >= 4 is 39.9 Å². The second-order valence-corrected chi connectivity index (χ2v) is 9.02. The van der Waals surface area contributed by atoms with E-state index in [1.807, 2.05) is 73.7 Å². The number of rotatable bonds is 6. The fourth-order valence-electron chi connectivity index (χ4n) is 4.42. The van der Waals surface area contributed by atoms with Gasteiger partial charge in [0.2, 0.25) is 17.7 Å². The summed E-state index contributed by atoms with van der Waals surface area (Å²) in [6.45, 7) is 2.30. The quantitative estimate of drug-likeness (QED) is 0.594. The van der Waals surface area contributed by atoms with Gasteiger partial charge in [-0.2, -0.15) is 0 Å². The average Bonchev–Trinajstić information content (AvgIpc) is 3.61. The van der Waals surface area contributed by atoms with Crippen molar-refractivity contribution in [3.05, 3.63) is 72.3 Å². The number of hydrogen-bond acceptors (Lipinski definition) is 3. The van der Waals surface area contributed by atoms with Crippen molar-refractivity contribution in [3.63, 3.8) is 0 Å². The maximum Gasteiger partial charge on any atom is 0.227 e. The molecular formula is C27H27N3O3. The topological polar surface area (TPSA) is 78.5 Å². The van der Waals surface area contributed by atoms with Gasteiger partial charge in [0.15, 0.2) is 0 Å². The molecule has 33 heavy (non-hydrogen) atoms. The summed E-state index contributed by atoms with van der Waals surface area (Å²) in [6.07, 6.45) is 2.14. The molecule has 0 bridgehead atoms. The summed E-state index contributed by atoms with van der Waals surface area (Å²) in [6, 6.07) is 21.2. The second-order valence-electron chi connectivity index (χ2n) is 9.02. The number of carbonyl (C=O) groups is 3. The Kier molecular flexibility index (Phi) is 5.58. The van der Waals surface area contributed by atoms with E-state index >= 15 is 0 Å². The first kappa shape index (κ1) is 21.2. The zero-order valence-electron chi connectivity index (χ0n) is 18.6. The fourth-order valence-corrected chi connectivity index (χ4v) is 4.42. The van der Waals surface area contributed by atoms with Crippen LogP contribution in [0.1, 0.15) is 37.8 Å². The smallest absolute Gasteiger partial charge is 0.227 e. The molecule has 2 aliphatic rings. The molecule has 0 radical (unpaired) electrons. The van der Waals surface area contributed by atoms with Gasteiger partial charge >= 0.3 is 0 Å². The zero-order chi connectivity index (χ0) is 22.9. The van der Waals surface area contributed by atoms with E-state index in [1.165, 1.54) is 0 Å². The predicted octanol–water partition coefficient (Wildman–Crippen LogP) is 4.42. The summed E-state index contributed by atoms with van der Waals surface area (Å²) < 4.78 is 0. The molecule has 6 heteroatoms. The molecule has 3 aromatic rings. The highest BCUT2D eigenvalue weighted by molar-refractivity contribution is 6.07. The lowest BCUT2D eigenvalue weighted by Gasteiger charge is -2.20. The van der Waals surface area contributed by atoms with E-state index < -0.39 is 5.92 Å². The van der Waals surface area contributed by atoms with E-state index in [9.17, 15) is 14.4 Å². The van der Waals surface area contributed by atoms with Crippen LogP contribution in [0.2, 0.25) is 0 Å². The molecule has 2 fully saturated rings. The van der Waals surface area contributed by atoms with Gasteiger partial charge in [0, 0.05) is 30.0 Å². The number of nitrogens with zero attached hydrogens (tertiary/aromatic N) is 1. The van der Waals surface area contributed by atoms with Crippen LogP contribution >= 0.6 is 0 Å². The highest BCUT2D eigenvalue weighted by Crippen LogP contribution is 2.32. The Morgan fingerprint density at radius 3 is 2.39 bits per heavy atom. The Labute approximate surface area is 193 Å². The molecule has 2 unspecified atom stereocenters. The summed E-state index contributed by atoms with van der Waals surface area (Å²) in [7, 11) is 0. The monoisotopic (exact) mass is 441 g/mol. The van der Waals surface area contributed by atoms with Gasteiger partial charge in [-0.3, -0.25) is 14.4 Å². The third kappa shape index (κ3) is 4.46. The van der Waals surface area contributed by atoms with Gasteiger partial charge in [0.1, 0.15) is 0 Å². The van der Waals surface area contributed by atoms with Crippen LogP contribution < -0.4 is 15.5 Å². The molecule has 5 rings (SSSR count). The van der Waals surface area contributed by atoms with Crippen LogP contribution in [0.25, 0.3) is 10.8 Å². The van der Waals surface area contributed by atoms with Gasteiger partial charge in [-0.25, -0.2) is 0 Å². The molecule has 1 aliphatic heterocycles. The van der Waals surface area contributed by atoms with Gasteiger partial charge < -0.3 is 15.5 Å². The predicted molar refractivity (Wildman–Crippen MR) is 129 cm³/mol. The van der Waals surface area contributed by atoms with Crippen LogP contribution in [0.15, 0.2) is 66.7 Å². The first-order valence-electron chi connectivity index (χ1n) is 11.5. The molecule has 0 spiro atoms. The number of anilines is 2. The standard InChI is InChI=1S/C27H27N3O3/c1-17(18-11-13-22(14-12-18)29-26(32)20-9-10-20)28-27(33)21-15-25(31)30(16-21)24-8-4-6-19-5-2-3-7-23(19)24/h2-8,11-14,17,20-21H,9-10,15-16H2,1H3,(H,28,33)(H,29,32). The molecule has 1 saturated carbocycles. The first-order chi connectivity index (χ1) is 16.0. The molecule has 0 aromatic heterocycles. The van der Waals surface area contributed by atoms with Crippen LogP contribution in [0.3, 0.4) is 0 Å². The van der Waals surface area contributed by atoms with Crippen LogP contribution in [-0.4, -0.2) is 24.3 Å². The van der Waals surface area contributed by atoms with Crippen molar-refractivity contribution in [2.24, 2.45) is 11.8 Å². The van der Waals surface area contributed by atoms with E-state index in [0.717, 1.165) is 40.6 Å². The van der Waals surface area contributed by atoms with Gasteiger partial charge in [0.25, 0.3) is 0 Å². The lowest BCUT2D eigenvalue weighted by atomic mass is 10.0. The van der Waals surface area contributed by atoms with Gasteiger partial charge in [-0.15, -0.1) is 0 Å². The third-order valence-corrected chi connectivity index (χ3v) is 6.54. The van der Waals surface area contributed by atoms with Crippen molar-refractivity contribution in [1.82, 2.24) is 5.32 Å². The molecule has 2 N–H and O–H groups in total. The van der Waals surface area contributed by atoms with E-state index in [1.54, 1.807) is 4.90 Å². The largest absolute Gasteiger partial charge is 0.349 e. The van der Waals surface area contributed by atoms with E-state index in [0.29, 0.717) is 6.54 Å². The Morgan fingerprint density at radius 1 is 0.909 bits per heavy atom. The Bertz CT molecular complexity index is 1210. The van der Waals surface area contributed by atoms with Gasteiger partial charge in [0.05, 0.1) is 17.6 Å². The summed E-state index contributed by atoms with van der Waals surface area (Å²) in [5.41, 5.74) is 2.56. The summed E-state index contributed by atoms with van der Waals surface area (Å²) in [5.74, 6) is -0.313. The summed E-state index contributed by atoms with van der Waals surface area (Å²) >= 11 is 0. The first-order valence-corrected chi connectivity index (χ1v) is 11.5. The molecule has 3 aromatic carbocycles. The van der Waals surface area contributed by atoms with E-state index in [-0.39, 0.29) is 36.1 Å². The normalized spacial score (nSPS) is 18.9. The van der Waals surface area contributed by atoms with Crippen LogP contribution in [0.4, 0.5) is 11.4 Å². The fraction of sp³-hybridized carbons (Fsp3) is 0.296. The molecule has 1 saturated heterocycles. The summed E-state index contributed by atoms with van der Waals surface area (Å²) in [5, 5.41) is 8.06. The molecule has 1 heterocycles. The van der Waals surface area contributed by atoms with E-state index in [4.69, 9.17) is 0 Å². The minimum Gasteiger partial charge on any atom is -0.349 e. The average molecular weight is 442 g/mol. The number of amides is 3. The minimum absolute atomic E-state index is 0.0325. The molecule has 1 aliphatic carbocycles. The summed E-state index contributed by atoms with van der Waals surface area (Å²) in [4.78, 5) is 39.4. The number of carbonyl (C=O) groups excluding carboxylic acids is 3. The van der Waals surface area contributed by atoms with Crippen LogP contribution in [-0.2, 0) is 14.4 Å². The van der Waals surface area contributed by atoms with Crippen LogP contribution in [0.5, 0.6) is 0 Å². The van der Waals surface area contributed by atoms with Crippen molar-refractivity contribution in [2.45, 2.75) is 32.2 Å². The van der Waals surface area contributed by atoms with Gasteiger partial charge in [-0.1, -0.05) is 48.5 Å². The highest BCUT2D eigenvalue weighted by atomic mass is 16.2. The zero-order valence-corrected chi connectivity index (χ0v) is 18.6. The van der Waals surface area contributed by atoms with Crippen LogP contribution in [0, 0.1) is 11.8 Å². The van der Waals surface area contributed by atoms with Crippen molar-refractivity contribution in [2.75, 3.05) is 16.8 Å². The SMILES string of the molecule is CC(NC(=O)C1CC(=O)N(c2cccc3ccccc23)C1)c1ccc(NC(=O)C2CC2)cc1. The third-order valence-electron chi connectivity index (χ3n) is 6.54. The maximum atomic E-state index is 13.0. The molecule has 2 atom stereocenters. The molecular weight excluding hydrogens is 414 g/mol. The Balaban J connectivity index is 1.23. The van der Waals surface area contributed by atoms with Crippen molar-refractivity contribution in [1.29, 1.82) is 0 Å². The van der Waals surface area contributed by atoms with E-state index in [2.05, 4.69) is 10.6 Å². The number of benzene rings is 3. The molecule has 6 nitrogen and oxygen atoms in total. The number of fused-ring (bicyclic) bond motifs is 1. The maximum absolute atomic E-state index is 13.0. The number of hydrogen-bond donors (Lipinski definition) is 2. The van der Waals surface area contributed by atoms with Gasteiger partial charge in [-0.05, 0) is 48.9 Å². The minimum atomic E-state index is -0.393. The lowest BCUT2D eigenvalue weighted by molar-refractivity contribution is -0.126. The lowest BCUT2D eigenvalue weighted by Crippen LogP contribution is -2.34. The Morgan fingerprint density at radius 2 is 1.64 bits per heavy atom. The number of nitrogens with one attached hydrogen (secondary N) is 2. The Hall–Kier alpha value is -3.67. The highest BCUT2D eigenvalue weighted by Gasteiger charge is 2.36. The molecule has 3 amide bonds. The van der Waals surface area contributed by atoms with Crippen molar-refractivity contribution in [3.8, 4) is 0 Å².